The molecule has 2 aromatic carbocycles. The second-order valence-electron chi connectivity index (χ2n) is 6.63. The molecule has 1 N–H and O–H groups in total. The number of carbonyl (C=O) groups excluding carboxylic acids is 1. The molecule has 0 saturated carbocycles. The zero-order valence-corrected chi connectivity index (χ0v) is 14.4. The largest absolute Gasteiger partial charge is 0.316 e. The maximum atomic E-state index is 12.6. The van der Waals surface area contributed by atoms with Gasteiger partial charge in [0.2, 0.25) is 5.91 Å². The van der Waals surface area contributed by atoms with Crippen LogP contribution in [0.3, 0.4) is 0 Å². The van der Waals surface area contributed by atoms with Crippen LogP contribution >= 0.6 is 11.6 Å². The summed E-state index contributed by atoms with van der Waals surface area (Å²) < 4.78 is 0. The Kier molecular flexibility index (Phi) is 4.30. The van der Waals surface area contributed by atoms with Crippen LogP contribution in [0.15, 0.2) is 42.5 Å². The maximum absolute atomic E-state index is 12.6. The molecule has 0 aromatic heterocycles. The molecular weight excluding hydrogens is 320 g/mol. The molecule has 24 heavy (non-hydrogen) atoms. The molecule has 1 atom stereocenters. The lowest BCUT2D eigenvalue weighted by molar-refractivity contribution is -0.117. The highest BCUT2D eigenvalue weighted by Gasteiger charge is 2.32. The van der Waals surface area contributed by atoms with Crippen LogP contribution in [0.1, 0.15) is 29.0 Å². The summed E-state index contributed by atoms with van der Waals surface area (Å²) in [7, 11) is 0. The average Bonchev–Trinajstić information content (AvgIpc) is 2.82. The predicted molar refractivity (Wildman–Crippen MR) is 97.9 cm³/mol. The van der Waals surface area contributed by atoms with Gasteiger partial charge in [-0.25, -0.2) is 0 Å². The number of amides is 1. The van der Waals surface area contributed by atoms with Crippen LogP contribution in [0.5, 0.6) is 0 Å². The molecule has 1 saturated heterocycles. The summed E-state index contributed by atoms with van der Waals surface area (Å²) >= 11 is 6.32. The Labute approximate surface area is 147 Å². The molecule has 124 valence electrons. The molecule has 4 rings (SSSR count). The zero-order chi connectivity index (χ0) is 16.5. The summed E-state index contributed by atoms with van der Waals surface area (Å²) in [4.78, 5) is 14.5. The number of nitrogens with one attached hydrogen (secondary N) is 1. The lowest BCUT2D eigenvalue weighted by Crippen LogP contribution is -2.24. The van der Waals surface area contributed by atoms with Gasteiger partial charge in [-0.3, -0.25) is 4.79 Å². The fourth-order valence-electron chi connectivity index (χ4n) is 3.80. The molecule has 2 heterocycles. The zero-order valence-electron chi connectivity index (χ0n) is 13.6. The molecule has 0 aliphatic carbocycles. The van der Waals surface area contributed by atoms with E-state index in [2.05, 4.69) is 23.5 Å². The summed E-state index contributed by atoms with van der Waals surface area (Å²) in [6.07, 6.45) is 2.62. The third-order valence-electron chi connectivity index (χ3n) is 5.11. The van der Waals surface area contributed by atoms with Gasteiger partial charge in [-0.15, -0.1) is 0 Å². The fourth-order valence-corrected chi connectivity index (χ4v) is 4.09. The molecule has 0 radical (unpaired) electrons. The maximum Gasteiger partial charge on any atom is 0.227 e. The van der Waals surface area contributed by atoms with Gasteiger partial charge < -0.3 is 10.2 Å². The van der Waals surface area contributed by atoms with Gasteiger partial charge in [-0.1, -0.05) is 35.9 Å². The summed E-state index contributed by atoms with van der Waals surface area (Å²) in [6.45, 7) is 2.75. The van der Waals surface area contributed by atoms with E-state index in [0.29, 0.717) is 13.0 Å². The van der Waals surface area contributed by atoms with Gasteiger partial charge in [0, 0.05) is 29.6 Å². The Hall–Kier alpha value is -1.84. The van der Waals surface area contributed by atoms with Gasteiger partial charge in [0.25, 0.3) is 0 Å². The van der Waals surface area contributed by atoms with E-state index in [1.54, 1.807) is 0 Å². The van der Waals surface area contributed by atoms with Gasteiger partial charge >= 0.3 is 0 Å². The standard InChI is InChI=1S/C20H21ClN2O/c21-19-4-2-1-3-18(19)16-12-20(24)23(13-16)17-6-5-14-7-9-22-10-8-15(14)11-17/h1-6,11,16,22H,7-10,12-13H2. The van der Waals surface area contributed by atoms with Gasteiger partial charge in [-0.05, 0) is 60.8 Å². The van der Waals surface area contributed by atoms with Crippen molar-refractivity contribution in [2.24, 2.45) is 0 Å². The Balaban J connectivity index is 1.60. The van der Waals surface area contributed by atoms with E-state index in [-0.39, 0.29) is 11.8 Å². The summed E-state index contributed by atoms with van der Waals surface area (Å²) in [5.74, 6) is 0.360. The monoisotopic (exact) mass is 340 g/mol. The van der Waals surface area contributed by atoms with E-state index in [0.717, 1.165) is 42.2 Å². The molecule has 3 nitrogen and oxygen atoms in total. The molecule has 0 spiro atoms. The second kappa shape index (κ2) is 6.58. The third kappa shape index (κ3) is 2.94. The second-order valence-corrected chi connectivity index (χ2v) is 7.04. The molecule has 0 bridgehead atoms. The number of halogens is 1. The molecule has 2 aromatic rings. The van der Waals surface area contributed by atoms with Crippen LogP contribution in [0.4, 0.5) is 5.69 Å². The molecule has 1 amide bonds. The van der Waals surface area contributed by atoms with Crippen molar-refractivity contribution in [1.29, 1.82) is 0 Å². The number of fused-ring (bicyclic) bond motifs is 1. The minimum atomic E-state index is 0.173. The van der Waals surface area contributed by atoms with E-state index in [9.17, 15) is 4.79 Å². The predicted octanol–water partition coefficient (Wildman–Crippen LogP) is 3.55. The van der Waals surface area contributed by atoms with Crippen LogP contribution in [-0.2, 0) is 17.6 Å². The number of rotatable bonds is 2. The highest BCUT2D eigenvalue weighted by molar-refractivity contribution is 6.31. The average molecular weight is 341 g/mol. The first kappa shape index (κ1) is 15.7. The Bertz CT molecular complexity index is 774. The molecule has 1 unspecified atom stereocenters. The van der Waals surface area contributed by atoms with Crippen molar-refractivity contribution in [3.63, 3.8) is 0 Å². The van der Waals surface area contributed by atoms with Gasteiger partial charge in [0.15, 0.2) is 0 Å². The topological polar surface area (TPSA) is 32.3 Å². The van der Waals surface area contributed by atoms with Crippen LogP contribution in [0.25, 0.3) is 0 Å². The highest BCUT2D eigenvalue weighted by atomic mass is 35.5. The lowest BCUT2D eigenvalue weighted by atomic mass is 9.98. The van der Waals surface area contributed by atoms with E-state index in [4.69, 9.17) is 11.6 Å². The number of carbonyl (C=O) groups is 1. The molecule has 1 fully saturated rings. The number of nitrogens with zero attached hydrogens (tertiary/aromatic N) is 1. The van der Waals surface area contributed by atoms with Crippen molar-refractivity contribution in [2.45, 2.75) is 25.2 Å². The van der Waals surface area contributed by atoms with Crippen molar-refractivity contribution in [2.75, 3.05) is 24.5 Å². The smallest absolute Gasteiger partial charge is 0.227 e. The molecule has 2 aliphatic rings. The Morgan fingerprint density at radius 1 is 1.04 bits per heavy atom. The molecule has 2 aliphatic heterocycles. The SMILES string of the molecule is O=C1CC(c2ccccc2Cl)CN1c1ccc2c(c1)CCNCC2. The first-order chi connectivity index (χ1) is 11.7. The van der Waals surface area contributed by atoms with Crippen molar-refractivity contribution in [3.8, 4) is 0 Å². The van der Waals surface area contributed by atoms with Gasteiger partial charge in [0.1, 0.15) is 0 Å². The molecular formula is C20H21ClN2O. The van der Waals surface area contributed by atoms with E-state index in [1.807, 2.05) is 29.2 Å². The van der Waals surface area contributed by atoms with Crippen molar-refractivity contribution >= 4 is 23.2 Å². The first-order valence-electron chi connectivity index (χ1n) is 8.59. The highest BCUT2D eigenvalue weighted by Crippen LogP contribution is 2.35. The minimum Gasteiger partial charge on any atom is -0.316 e. The van der Waals surface area contributed by atoms with E-state index >= 15 is 0 Å². The Morgan fingerprint density at radius 2 is 1.83 bits per heavy atom. The van der Waals surface area contributed by atoms with Gasteiger partial charge in [-0.2, -0.15) is 0 Å². The van der Waals surface area contributed by atoms with E-state index in [1.165, 1.54) is 11.1 Å². The first-order valence-corrected chi connectivity index (χ1v) is 8.97. The van der Waals surface area contributed by atoms with Crippen molar-refractivity contribution < 1.29 is 4.79 Å². The van der Waals surface area contributed by atoms with Crippen molar-refractivity contribution in [1.82, 2.24) is 5.32 Å². The van der Waals surface area contributed by atoms with Crippen LogP contribution < -0.4 is 10.2 Å². The van der Waals surface area contributed by atoms with Crippen LogP contribution in [0.2, 0.25) is 5.02 Å². The van der Waals surface area contributed by atoms with Crippen LogP contribution in [-0.4, -0.2) is 25.5 Å². The number of hydrogen-bond acceptors (Lipinski definition) is 2. The fraction of sp³-hybridized carbons (Fsp3) is 0.350. The number of benzene rings is 2. The van der Waals surface area contributed by atoms with Gasteiger partial charge in [0.05, 0.1) is 0 Å². The minimum absolute atomic E-state index is 0.173. The Morgan fingerprint density at radius 3 is 2.67 bits per heavy atom. The lowest BCUT2D eigenvalue weighted by Gasteiger charge is -2.19. The summed E-state index contributed by atoms with van der Waals surface area (Å²) in [5, 5.41) is 4.19. The van der Waals surface area contributed by atoms with E-state index < -0.39 is 0 Å². The molecule has 4 heteroatoms. The summed E-state index contributed by atoms with van der Waals surface area (Å²) in [5.41, 5.74) is 4.87. The normalized spacial score (nSPS) is 20.8. The summed E-state index contributed by atoms with van der Waals surface area (Å²) in [6, 6.07) is 14.3. The quantitative estimate of drug-likeness (QED) is 0.906. The van der Waals surface area contributed by atoms with Crippen molar-refractivity contribution in [3.05, 3.63) is 64.2 Å². The van der Waals surface area contributed by atoms with Crippen LogP contribution in [0, 0.1) is 0 Å². The number of hydrogen-bond donors (Lipinski definition) is 1. The third-order valence-corrected chi connectivity index (χ3v) is 5.46. The number of anilines is 1.